The average Bonchev–Trinajstić information content (AvgIpc) is 2.45. The van der Waals surface area contributed by atoms with E-state index >= 15 is 0 Å². The van der Waals surface area contributed by atoms with Gasteiger partial charge < -0.3 is 14.7 Å². The second kappa shape index (κ2) is 6.81. The van der Waals surface area contributed by atoms with Crippen LogP contribution in [0.3, 0.4) is 0 Å². The summed E-state index contributed by atoms with van der Waals surface area (Å²) in [5.74, 6) is -0.306. The molecule has 0 aliphatic carbocycles. The van der Waals surface area contributed by atoms with Crippen LogP contribution in [0.4, 0.5) is 5.69 Å². The fourth-order valence-electron chi connectivity index (χ4n) is 2.70. The normalized spacial score (nSPS) is 17.4. The van der Waals surface area contributed by atoms with Gasteiger partial charge in [0.15, 0.2) is 6.10 Å². The zero-order valence-electron chi connectivity index (χ0n) is 13.3. The van der Waals surface area contributed by atoms with Crippen LogP contribution in [0.2, 0.25) is 0 Å². The van der Waals surface area contributed by atoms with Gasteiger partial charge in [-0.2, -0.15) is 0 Å². The highest BCUT2D eigenvalue weighted by molar-refractivity contribution is 6.00. The Labute approximate surface area is 130 Å². The number of rotatable bonds is 6. The highest BCUT2D eigenvalue weighted by Gasteiger charge is 2.37. The molecule has 2 rings (SSSR count). The van der Waals surface area contributed by atoms with E-state index in [1.165, 1.54) is 0 Å². The van der Waals surface area contributed by atoms with Gasteiger partial charge in [-0.25, -0.2) is 0 Å². The summed E-state index contributed by atoms with van der Waals surface area (Å²) in [6.07, 6.45) is 1.22. The molecule has 0 saturated heterocycles. The summed E-state index contributed by atoms with van der Waals surface area (Å²) in [6, 6.07) is 5.72. The molecule has 1 N–H and O–H groups in total. The van der Waals surface area contributed by atoms with E-state index in [1.54, 1.807) is 4.90 Å². The number of carboxylic acid groups (broad SMARTS) is 1. The second-order valence-electron chi connectivity index (χ2n) is 5.93. The maximum atomic E-state index is 12.6. The van der Waals surface area contributed by atoms with Gasteiger partial charge in [-0.1, -0.05) is 39.3 Å². The molecule has 0 saturated carbocycles. The first kappa shape index (κ1) is 16.3. The molecule has 1 aliphatic rings. The van der Waals surface area contributed by atoms with Crippen molar-refractivity contribution in [2.75, 3.05) is 11.4 Å². The highest BCUT2D eigenvalue weighted by Crippen LogP contribution is 2.39. The van der Waals surface area contributed by atoms with Gasteiger partial charge in [0.1, 0.15) is 5.75 Å². The van der Waals surface area contributed by atoms with E-state index in [4.69, 9.17) is 9.84 Å². The Bertz CT molecular complexity index is 568. The van der Waals surface area contributed by atoms with E-state index in [9.17, 15) is 9.59 Å². The third-order valence-electron chi connectivity index (χ3n) is 3.79. The minimum Gasteiger partial charge on any atom is -0.481 e. The van der Waals surface area contributed by atoms with Crippen LogP contribution < -0.4 is 9.64 Å². The standard InChI is InChI=1S/C17H23NO4/c1-4-6-12-7-5-8-13-16(12)22-15(11(2)3)17(21)18(13)10-9-14(19)20/h5,7-8,11,15H,4,6,9-10H2,1-3H3,(H,19,20). The minimum atomic E-state index is -0.911. The van der Waals surface area contributed by atoms with Crippen LogP contribution in [0.25, 0.3) is 0 Å². The molecule has 0 fully saturated rings. The molecule has 5 nitrogen and oxygen atoms in total. The summed E-state index contributed by atoms with van der Waals surface area (Å²) >= 11 is 0. The number of fused-ring (bicyclic) bond motifs is 1. The van der Waals surface area contributed by atoms with E-state index < -0.39 is 12.1 Å². The van der Waals surface area contributed by atoms with Gasteiger partial charge in [-0.3, -0.25) is 9.59 Å². The summed E-state index contributed by atoms with van der Waals surface area (Å²) in [6.45, 7) is 6.13. The minimum absolute atomic E-state index is 0.0302. The number of benzene rings is 1. The van der Waals surface area contributed by atoms with Crippen LogP contribution in [-0.4, -0.2) is 29.6 Å². The quantitative estimate of drug-likeness (QED) is 0.877. The topological polar surface area (TPSA) is 66.8 Å². The molecule has 1 aliphatic heterocycles. The van der Waals surface area contributed by atoms with Crippen molar-refractivity contribution in [1.82, 2.24) is 0 Å². The fourth-order valence-corrected chi connectivity index (χ4v) is 2.70. The number of para-hydroxylation sites is 1. The van der Waals surface area contributed by atoms with Crippen molar-refractivity contribution in [3.05, 3.63) is 23.8 Å². The molecule has 22 heavy (non-hydrogen) atoms. The molecule has 120 valence electrons. The van der Waals surface area contributed by atoms with Crippen LogP contribution in [0.5, 0.6) is 5.75 Å². The summed E-state index contributed by atoms with van der Waals surface area (Å²) in [4.78, 5) is 25.1. The second-order valence-corrected chi connectivity index (χ2v) is 5.93. The summed E-state index contributed by atoms with van der Waals surface area (Å²) in [5, 5.41) is 8.92. The SMILES string of the molecule is CCCc1cccc2c1OC(C(C)C)C(=O)N2CCC(=O)O. The molecule has 0 radical (unpaired) electrons. The molecule has 1 aromatic carbocycles. The molecule has 0 aromatic heterocycles. The lowest BCUT2D eigenvalue weighted by atomic mass is 10.00. The molecular formula is C17H23NO4. The smallest absolute Gasteiger partial charge is 0.305 e. The monoisotopic (exact) mass is 305 g/mol. The average molecular weight is 305 g/mol. The van der Waals surface area contributed by atoms with Crippen LogP contribution >= 0.6 is 0 Å². The number of anilines is 1. The van der Waals surface area contributed by atoms with Crippen molar-refractivity contribution in [2.45, 2.75) is 46.1 Å². The number of aliphatic carboxylic acids is 1. The lowest BCUT2D eigenvalue weighted by Gasteiger charge is -2.36. The molecule has 0 spiro atoms. The number of carbonyl (C=O) groups excluding carboxylic acids is 1. The number of amides is 1. The number of aryl methyl sites for hydroxylation is 1. The van der Waals surface area contributed by atoms with Gasteiger partial charge in [0, 0.05) is 6.54 Å². The van der Waals surface area contributed by atoms with E-state index in [0.29, 0.717) is 5.69 Å². The van der Waals surface area contributed by atoms with Gasteiger partial charge in [-0.05, 0) is 24.0 Å². The Hall–Kier alpha value is -2.04. The molecule has 1 unspecified atom stereocenters. The van der Waals surface area contributed by atoms with Gasteiger partial charge in [-0.15, -0.1) is 0 Å². The third kappa shape index (κ3) is 3.24. The molecule has 5 heteroatoms. The summed E-state index contributed by atoms with van der Waals surface area (Å²) < 4.78 is 5.99. The molecule has 1 heterocycles. The zero-order valence-corrected chi connectivity index (χ0v) is 13.3. The zero-order chi connectivity index (χ0) is 16.3. The van der Waals surface area contributed by atoms with E-state index in [-0.39, 0.29) is 24.8 Å². The Kier molecular flexibility index (Phi) is 5.06. The first-order valence-corrected chi connectivity index (χ1v) is 7.77. The van der Waals surface area contributed by atoms with Gasteiger partial charge in [0.25, 0.3) is 5.91 Å². The third-order valence-corrected chi connectivity index (χ3v) is 3.79. The predicted octanol–water partition coefficient (Wildman–Crippen LogP) is 2.86. The van der Waals surface area contributed by atoms with Crippen molar-refractivity contribution in [2.24, 2.45) is 5.92 Å². The molecule has 1 amide bonds. The Morgan fingerprint density at radius 2 is 2.14 bits per heavy atom. The predicted molar refractivity (Wildman–Crippen MR) is 84.3 cm³/mol. The molecular weight excluding hydrogens is 282 g/mol. The van der Waals surface area contributed by atoms with Gasteiger partial charge in [0.05, 0.1) is 12.1 Å². The number of hydrogen-bond donors (Lipinski definition) is 1. The molecule has 1 atom stereocenters. The van der Waals surface area contributed by atoms with Crippen LogP contribution in [0.15, 0.2) is 18.2 Å². The fraction of sp³-hybridized carbons (Fsp3) is 0.529. The van der Waals surface area contributed by atoms with E-state index in [1.807, 2.05) is 32.0 Å². The number of carboxylic acids is 1. The van der Waals surface area contributed by atoms with Crippen LogP contribution in [0, 0.1) is 5.92 Å². The largest absolute Gasteiger partial charge is 0.481 e. The summed E-state index contributed by atoms with van der Waals surface area (Å²) in [5.41, 5.74) is 1.76. The molecule has 1 aromatic rings. The summed E-state index contributed by atoms with van der Waals surface area (Å²) in [7, 11) is 0. The lowest BCUT2D eigenvalue weighted by molar-refractivity contribution is -0.136. The Balaban J connectivity index is 2.42. The Morgan fingerprint density at radius 1 is 1.41 bits per heavy atom. The van der Waals surface area contributed by atoms with Crippen molar-refractivity contribution in [3.63, 3.8) is 0 Å². The van der Waals surface area contributed by atoms with E-state index in [0.717, 1.165) is 24.2 Å². The van der Waals surface area contributed by atoms with Gasteiger partial charge >= 0.3 is 5.97 Å². The van der Waals surface area contributed by atoms with Crippen LogP contribution in [0.1, 0.15) is 39.2 Å². The highest BCUT2D eigenvalue weighted by atomic mass is 16.5. The number of nitrogens with zero attached hydrogens (tertiary/aromatic N) is 1. The van der Waals surface area contributed by atoms with Crippen molar-refractivity contribution in [3.8, 4) is 5.75 Å². The van der Waals surface area contributed by atoms with E-state index in [2.05, 4.69) is 6.92 Å². The number of hydrogen-bond acceptors (Lipinski definition) is 3. The van der Waals surface area contributed by atoms with Gasteiger partial charge in [0.2, 0.25) is 0 Å². The maximum absolute atomic E-state index is 12.6. The first-order valence-electron chi connectivity index (χ1n) is 7.77. The number of ether oxygens (including phenoxy) is 1. The van der Waals surface area contributed by atoms with Crippen molar-refractivity contribution < 1.29 is 19.4 Å². The van der Waals surface area contributed by atoms with Crippen LogP contribution in [-0.2, 0) is 16.0 Å². The maximum Gasteiger partial charge on any atom is 0.305 e. The van der Waals surface area contributed by atoms with Crippen molar-refractivity contribution >= 4 is 17.6 Å². The Morgan fingerprint density at radius 3 is 2.73 bits per heavy atom. The first-order chi connectivity index (χ1) is 10.5. The van der Waals surface area contributed by atoms with Crippen molar-refractivity contribution in [1.29, 1.82) is 0 Å². The number of carbonyl (C=O) groups is 2. The molecule has 0 bridgehead atoms. The lowest BCUT2D eigenvalue weighted by Crippen LogP contribution is -2.49.